The summed E-state index contributed by atoms with van der Waals surface area (Å²) in [6.45, 7) is 4.87. The molecule has 0 bridgehead atoms. The maximum Gasteiger partial charge on any atom is 0.421 e. The molecule has 144 valence electrons. The Balaban J connectivity index is 2.33. The van der Waals surface area contributed by atoms with Crippen molar-refractivity contribution in [2.75, 3.05) is 0 Å². The molecule has 1 unspecified atom stereocenters. The molecule has 1 aromatic rings. The highest BCUT2D eigenvalue weighted by Gasteiger charge is 2.38. The Bertz CT molecular complexity index is 746. The number of aromatic nitrogens is 1. The summed E-state index contributed by atoms with van der Waals surface area (Å²) in [5.74, 6) is -1.75. The molecule has 2 rings (SSSR count). The molecule has 1 atom stereocenters. The summed E-state index contributed by atoms with van der Waals surface area (Å²) >= 11 is 0. The zero-order valence-electron chi connectivity index (χ0n) is 14.7. The first-order valence-electron chi connectivity index (χ1n) is 8.21. The van der Waals surface area contributed by atoms with Gasteiger partial charge in [0.05, 0.1) is 0 Å². The number of rotatable bonds is 5. The Morgan fingerprint density at radius 2 is 1.88 bits per heavy atom. The summed E-state index contributed by atoms with van der Waals surface area (Å²) in [6.07, 6.45) is -1.59. The highest BCUT2D eigenvalue weighted by Crippen LogP contribution is 2.27. The summed E-state index contributed by atoms with van der Waals surface area (Å²) in [7, 11) is 0. The van der Waals surface area contributed by atoms with Crippen LogP contribution in [-0.2, 0) is 15.7 Å². The molecule has 0 aliphatic heterocycles. The SMILES string of the molecule is CC(C)(C)OC(=O)C(NC1CCC1)C(=O)c1c[nH]c(=O)c(C(F)(F)F)c1. The van der Waals surface area contributed by atoms with Crippen LogP contribution >= 0.6 is 0 Å². The second kappa shape index (κ2) is 7.22. The predicted octanol–water partition coefficient (Wildman–Crippen LogP) is 2.43. The van der Waals surface area contributed by atoms with Crippen LogP contribution in [0.5, 0.6) is 0 Å². The predicted molar refractivity (Wildman–Crippen MR) is 86.8 cm³/mol. The first-order valence-corrected chi connectivity index (χ1v) is 8.21. The molecule has 1 heterocycles. The van der Waals surface area contributed by atoms with Crippen LogP contribution in [0.2, 0.25) is 0 Å². The van der Waals surface area contributed by atoms with Crippen molar-refractivity contribution in [3.05, 3.63) is 33.7 Å². The van der Waals surface area contributed by atoms with E-state index in [9.17, 15) is 27.6 Å². The molecule has 0 spiro atoms. The van der Waals surface area contributed by atoms with Gasteiger partial charge in [0.15, 0.2) is 11.8 Å². The van der Waals surface area contributed by atoms with Gasteiger partial charge in [0.1, 0.15) is 11.2 Å². The highest BCUT2D eigenvalue weighted by atomic mass is 19.4. The van der Waals surface area contributed by atoms with Crippen molar-refractivity contribution >= 4 is 11.8 Å². The molecule has 1 aromatic heterocycles. The number of carbonyl (C=O) groups excluding carboxylic acids is 2. The van der Waals surface area contributed by atoms with Gasteiger partial charge in [-0.15, -0.1) is 0 Å². The average molecular weight is 374 g/mol. The van der Waals surface area contributed by atoms with Gasteiger partial charge in [-0.25, -0.2) is 4.79 Å². The Morgan fingerprint density at radius 1 is 1.27 bits per heavy atom. The third kappa shape index (κ3) is 4.94. The number of aromatic amines is 1. The fourth-order valence-electron chi connectivity index (χ4n) is 2.43. The van der Waals surface area contributed by atoms with Crippen molar-refractivity contribution in [1.82, 2.24) is 10.3 Å². The number of Topliss-reactive ketones (excluding diaryl/α,β-unsaturated/α-hetero) is 1. The van der Waals surface area contributed by atoms with Crippen LogP contribution in [0, 0.1) is 0 Å². The van der Waals surface area contributed by atoms with E-state index in [4.69, 9.17) is 4.74 Å². The van der Waals surface area contributed by atoms with Gasteiger partial charge in [-0.05, 0) is 39.7 Å². The third-order valence-electron chi connectivity index (χ3n) is 3.91. The van der Waals surface area contributed by atoms with Crippen LogP contribution in [0.4, 0.5) is 13.2 Å². The number of esters is 1. The first-order chi connectivity index (χ1) is 11.9. The molecule has 1 fully saturated rings. The van der Waals surface area contributed by atoms with E-state index in [0.29, 0.717) is 6.07 Å². The van der Waals surface area contributed by atoms with Crippen molar-refractivity contribution in [2.24, 2.45) is 0 Å². The van der Waals surface area contributed by atoms with Crippen molar-refractivity contribution < 1.29 is 27.5 Å². The number of halogens is 3. The molecule has 0 saturated heterocycles. The quantitative estimate of drug-likeness (QED) is 0.470. The molecule has 2 N–H and O–H groups in total. The number of pyridine rings is 1. The van der Waals surface area contributed by atoms with Crippen LogP contribution < -0.4 is 10.9 Å². The molecule has 1 aliphatic carbocycles. The van der Waals surface area contributed by atoms with Crippen molar-refractivity contribution in [3.63, 3.8) is 0 Å². The van der Waals surface area contributed by atoms with Crippen LogP contribution in [0.1, 0.15) is 56.0 Å². The summed E-state index contributed by atoms with van der Waals surface area (Å²) in [6, 6.07) is -1.06. The molecule has 0 amide bonds. The number of hydrogen-bond donors (Lipinski definition) is 2. The van der Waals surface area contributed by atoms with Gasteiger partial charge in [-0.2, -0.15) is 13.2 Å². The molecule has 6 nitrogen and oxygen atoms in total. The first kappa shape index (κ1) is 20.2. The largest absolute Gasteiger partial charge is 0.458 e. The fourth-order valence-corrected chi connectivity index (χ4v) is 2.43. The van der Waals surface area contributed by atoms with E-state index < -0.39 is 46.3 Å². The lowest BCUT2D eigenvalue weighted by atomic mass is 9.91. The van der Waals surface area contributed by atoms with Gasteiger partial charge >= 0.3 is 12.1 Å². The smallest absolute Gasteiger partial charge is 0.421 e. The summed E-state index contributed by atoms with van der Waals surface area (Å²) in [4.78, 5) is 38.4. The Kier molecular flexibility index (Phi) is 5.60. The normalized spacial score (nSPS) is 16.7. The second-order valence-corrected chi connectivity index (χ2v) is 7.25. The molecule has 1 aliphatic rings. The second-order valence-electron chi connectivity index (χ2n) is 7.25. The molecule has 26 heavy (non-hydrogen) atoms. The molecule has 9 heteroatoms. The van der Waals surface area contributed by atoms with Crippen LogP contribution in [-0.4, -0.2) is 34.4 Å². The van der Waals surface area contributed by atoms with Gasteiger partial charge in [0.25, 0.3) is 5.56 Å². The topological polar surface area (TPSA) is 88.3 Å². The molecule has 1 saturated carbocycles. The summed E-state index contributed by atoms with van der Waals surface area (Å²) in [5.41, 5.74) is -4.12. The summed E-state index contributed by atoms with van der Waals surface area (Å²) < 4.78 is 43.9. The van der Waals surface area contributed by atoms with Crippen LogP contribution in [0.25, 0.3) is 0 Å². The minimum atomic E-state index is -4.91. The van der Waals surface area contributed by atoms with E-state index in [-0.39, 0.29) is 6.04 Å². The van der Waals surface area contributed by atoms with Crippen molar-refractivity contribution in [3.8, 4) is 0 Å². The molecule has 0 radical (unpaired) electrons. The van der Waals surface area contributed by atoms with Crippen LogP contribution in [0.3, 0.4) is 0 Å². The Labute approximate surface area is 148 Å². The van der Waals surface area contributed by atoms with Gasteiger partial charge in [-0.3, -0.25) is 14.9 Å². The third-order valence-corrected chi connectivity index (χ3v) is 3.91. The lowest BCUT2D eigenvalue weighted by Gasteiger charge is -2.31. The zero-order chi connectivity index (χ0) is 19.7. The maximum absolute atomic E-state index is 12.9. The van der Waals surface area contributed by atoms with Crippen LogP contribution in [0.15, 0.2) is 17.1 Å². The number of hydrogen-bond acceptors (Lipinski definition) is 5. The van der Waals surface area contributed by atoms with E-state index in [1.165, 1.54) is 0 Å². The lowest BCUT2D eigenvalue weighted by molar-refractivity contribution is -0.156. The van der Waals surface area contributed by atoms with E-state index in [0.717, 1.165) is 25.5 Å². The number of nitrogens with one attached hydrogen (secondary N) is 2. The van der Waals surface area contributed by atoms with E-state index in [1.54, 1.807) is 20.8 Å². The van der Waals surface area contributed by atoms with Gasteiger partial charge < -0.3 is 9.72 Å². The number of ether oxygens (including phenoxy) is 1. The average Bonchev–Trinajstić information content (AvgIpc) is 2.42. The summed E-state index contributed by atoms with van der Waals surface area (Å²) in [5, 5.41) is 2.85. The standard InChI is InChI=1S/C17H21F3N2O4/c1-16(2,3)26-15(25)12(22-10-5-4-6-10)13(23)9-7-11(17(18,19)20)14(24)21-8-9/h7-8,10,12,22H,4-6H2,1-3H3,(H,21,24). The van der Waals surface area contributed by atoms with Gasteiger partial charge in [0.2, 0.25) is 0 Å². The lowest BCUT2D eigenvalue weighted by Crippen LogP contribution is -2.52. The Hall–Kier alpha value is -2.16. The molecular formula is C17H21F3N2O4. The number of alkyl halides is 3. The van der Waals surface area contributed by atoms with Gasteiger partial charge in [-0.1, -0.05) is 6.42 Å². The fraction of sp³-hybridized carbons (Fsp3) is 0.588. The maximum atomic E-state index is 12.9. The van der Waals surface area contributed by atoms with E-state index in [2.05, 4.69) is 5.32 Å². The zero-order valence-corrected chi connectivity index (χ0v) is 14.7. The number of ketones is 1. The Morgan fingerprint density at radius 3 is 2.35 bits per heavy atom. The minimum absolute atomic E-state index is 0.0821. The number of H-pyrrole nitrogens is 1. The van der Waals surface area contributed by atoms with E-state index in [1.807, 2.05) is 4.98 Å². The monoisotopic (exact) mass is 374 g/mol. The highest BCUT2D eigenvalue weighted by molar-refractivity contribution is 6.12. The van der Waals surface area contributed by atoms with Crippen molar-refractivity contribution in [1.29, 1.82) is 0 Å². The van der Waals surface area contributed by atoms with Crippen molar-refractivity contribution in [2.45, 2.75) is 63.9 Å². The number of carbonyl (C=O) groups is 2. The minimum Gasteiger partial charge on any atom is -0.458 e. The molecule has 0 aromatic carbocycles. The van der Waals surface area contributed by atoms with Gasteiger partial charge in [0, 0.05) is 17.8 Å². The van der Waals surface area contributed by atoms with E-state index >= 15 is 0 Å². The molecular weight excluding hydrogens is 353 g/mol.